The smallest absolute Gasteiger partial charge is 0.336 e. The molecule has 1 N–H and O–H groups in total. The number of esters is 1. The van der Waals surface area contributed by atoms with Gasteiger partial charge in [0, 0.05) is 0 Å². The molecule has 0 bridgehead atoms. The van der Waals surface area contributed by atoms with Gasteiger partial charge in [0.15, 0.2) is 24.3 Å². The highest BCUT2D eigenvalue weighted by atomic mass is 16.8. The van der Waals surface area contributed by atoms with Gasteiger partial charge in [0.2, 0.25) is 0 Å². The Morgan fingerprint density at radius 1 is 1.24 bits per heavy atom. The standard InChI is InChI=1S/C11H14O6/c1-4-5(12)6-7(14-9(4)13)8-10(15-6)17-11(2,3)16-8/h5-8,10,12H,1H2,2-3H3/t5-,6-,7+,8-,10-/m1/s1. The summed E-state index contributed by atoms with van der Waals surface area (Å²) in [6, 6.07) is 0. The Morgan fingerprint density at radius 2 is 1.94 bits per heavy atom. The molecule has 3 rings (SSSR count). The molecule has 0 aromatic heterocycles. The van der Waals surface area contributed by atoms with Crippen LogP contribution in [0.4, 0.5) is 0 Å². The second-order valence-electron chi connectivity index (χ2n) is 4.91. The van der Waals surface area contributed by atoms with Crippen LogP contribution < -0.4 is 0 Å². The molecule has 6 heteroatoms. The number of rotatable bonds is 0. The van der Waals surface area contributed by atoms with E-state index in [1.54, 1.807) is 13.8 Å². The second-order valence-corrected chi connectivity index (χ2v) is 4.91. The molecule has 0 radical (unpaired) electrons. The van der Waals surface area contributed by atoms with E-state index in [4.69, 9.17) is 18.9 Å². The van der Waals surface area contributed by atoms with Gasteiger partial charge < -0.3 is 24.1 Å². The van der Waals surface area contributed by atoms with Crippen LogP contribution in [0.15, 0.2) is 12.2 Å². The lowest BCUT2D eigenvalue weighted by Gasteiger charge is -2.32. The fraction of sp³-hybridized carbons (Fsp3) is 0.727. The van der Waals surface area contributed by atoms with Crippen LogP contribution in [0.3, 0.4) is 0 Å². The van der Waals surface area contributed by atoms with Gasteiger partial charge in [-0.05, 0) is 13.8 Å². The molecule has 3 aliphatic rings. The van der Waals surface area contributed by atoms with Gasteiger partial charge in [-0.25, -0.2) is 4.79 Å². The normalized spacial score (nSPS) is 47.6. The minimum atomic E-state index is -1.07. The van der Waals surface area contributed by atoms with Crippen LogP contribution in [0, 0.1) is 0 Å². The third kappa shape index (κ3) is 1.52. The molecule has 94 valence electrons. The van der Waals surface area contributed by atoms with Crippen LogP contribution in [0.5, 0.6) is 0 Å². The Balaban J connectivity index is 1.86. The van der Waals surface area contributed by atoms with E-state index in [1.807, 2.05) is 0 Å². The molecule has 0 aromatic rings. The van der Waals surface area contributed by atoms with Crippen molar-refractivity contribution in [2.24, 2.45) is 0 Å². The molecule has 0 spiro atoms. The molecule has 0 amide bonds. The fourth-order valence-electron chi connectivity index (χ4n) is 2.41. The van der Waals surface area contributed by atoms with Gasteiger partial charge in [-0.1, -0.05) is 6.58 Å². The molecule has 5 atom stereocenters. The van der Waals surface area contributed by atoms with Crippen LogP contribution in [-0.2, 0) is 23.7 Å². The van der Waals surface area contributed by atoms with Gasteiger partial charge in [0.1, 0.15) is 12.2 Å². The highest BCUT2D eigenvalue weighted by Gasteiger charge is 2.60. The molecule has 17 heavy (non-hydrogen) atoms. The fourth-order valence-corrected chi connectivity index (χ4v) is 2.41. The summed E-state index contributed by atoms with van der Waals surface area (Å²) in [4.78, 5) is 11.5. The Bertz CT molecular complexity index is 389. The van der Waals surface area contributed by atoms with Gasteiger partial charge in [-0.2, -0.15) is 0 Å². The average Bonchev–Trinajstić information content (AvgIpc) is 2.69. The predicted molar refractivity (Wildman–Crippen MR) is 53.7 cm³/mol. The summed E-state index contributed by atoms with van der Waals surface area (Å²) >= 11 is 0. The van der Waals surface area contributed by atoms with Crippen LogP contribution in [-0.4, -0.2) is 47.6 Å². The van der Waals surface area contributed by atoms with Crippen LogP contribution in [0.1, 0.15) is 13.8 Å². The summed E-state index contributed by atoms with van der Waals surface area (Å²) in [5.74, 6) is -1.39. The summed E-state index contributed by atoms with van der Waals surface area (Å²) in [5.41, 5.74) is 0.00508. The number of aliphatic hydroxyl groups excluding tert-OH is 1. The number of hydrogen-bond donors (Lipinski definition) is 1. The quantitative estimate of drug-likeness (QED) is 0.464. The predicted octanol–water partition coefficient (Wildman–Crippen LogP) is -0.295. The van der Waals surface area contributed by atoms with E-state index >= 15 is 0 Å². The van der Waals surface area contributed by atoms with Crippen molar-refractivity contribution in [3.63, 3.8) is 0 Å². The maximum atomic E-state index is 11.5. The Kier molecular flexibility index (Phi) is 2.16. The zero-order chi connectivity index (χ0) is 12.4. The summed E-state index contributed by atoms with van der Waals surface area (Å²) in [7, 11) is 0. The van der Waals surface area contributed by atoms with E-state index in [0.717, 1.165) is 0 Å². The largest absolute Gasteiger partial charge is 0.453 e. The lowest BCUT2D eigenvalue weighted by molar-refractivity contribution is -0.231. The maximum absolute atomic E-state index is 11.5. The number of fused-ring (bicyclic) bond motifs is 3. The first-order chi connectivity index (χ1) is 7.89. The number of hydrogen-bond acceptors (Lipinski definition) is 6. The Hall–Kier alpha value is -0.950. The zero-order valence-corrected chi connectivity index (χ0v) is 9.58. The molecule has 0 aromatic carbocycles. The van der Waals surface area contributed by atoms with Crippen molar-refractivity contribution in [3.8, 4) is 0 Å². The van der Waals surface area contributed by atoms with E-state index in [2.05, 4.69) is 6.58 Å². The average molecular weight is 242 g/mol. The van der Waals surface area contributed by atoms with Gasteiger partial charge in [-0.15, -0.1) is 0 Å². The Labute approximate surface area is 98.1 Å². The first-order valence-corrected chi connectivity index (χ1v) is 5.48. The first kappa shape index (κ1) is 11.2. The highest BCUT2D eigenvalue weighted by molar-refractivity contribution is 5.90. The van der Waals surface area contributed by atoms with E-state index in [0.29, 0.717) is 0 Å². The summed E-state index contributed by atoms with van der Waals surface area (Å²) in [5, 5.41) is 9.87. The first-order valence-electron chi connectivity index (χ1n) is 5.48. The minimum absolute atomic E-state index is 0.00508. The molecule has 0 unspecified atom stereocenters. The molecule has 3 fully saturated rings. The zero-order valence-electron chi connectivity index (χ0n) is 9.58. The molecule has 3 saturated heterocycles. The van der Waals surface area contributed by atoms with E-state index < -0.39 is 42.5 Å². The van der Waals surface area contributed by atoms with Gasteiger partial charge in [-0.3, -0.25) is 0 Å². The van der Waals surface area contributed by atoms with Crippen molar-refractivity contribution in [2.75, 3.05) is 0 Å². The molecule has 3 aliphatic heterocycles. The minimum Gasteiger partial charge on any atom is -0.453 e. The lowest BCUT2D eigenvalue weighted by Crippen LogP contribution is -2.50. The third-order valence-electron chi connectivity index (χ3n) is 3.20. The lowest BCUT2D eigenvalue weighted by atomic mass is 9.97. The van der Waals surface area contributed by atoms with Crippen molar-refractivity contribution in [2.45, 2.75) is 50.3 Å². The maximum Gasteiger partial charge on any atom is 0.336 e. The third-order valence-corrected chi connectivity index (χ3v) is 3.20. The molecule has 0 aliphatic carbocycles. The highest BCUT2D eigenvalue weighted by Crippen LogP contribution is 2.42. The van der Waals surface area contributed by atoms with Crippen molar-refractivity contribution in [3.05, 3.63) is 12.2 Å². The molecular formula is C11H14O6. The van der Waals surface area contributed by atoms with Crippen molar-refractivity contribution >= 4 is 5.97 Å². The molecule has 6 nitrogen and oxygen atoms in total. The van der Waals surface area contributed by atoms with Gasteiger partial charge >= 0.3 is 5.97 Å². The SMILES string of the molecule is C=C1C(=O)O[C@@H]2[C@H]3OC(C)(C)O[C@H]3O[C@@H]2[C@@H]1O. The second kappa shape index (κ2) is 3.29. The number of aliphatic hydroxyl groups is 1. The van der Waals surface area contributed by atoms with Crippen LogP contribution in [0.2, 0.25) is 0 Å². The molecule has 3 heterocycles. The summed E-state index contributed by atoms with van der Waals surface area (Å²) < 4.78 is 21.8. The number of ether oxygens (including phenoxy) is 4. The molecular weight excluding hydrogens is 228 g/mol. The van der Waals surface area contributed by atoms with Crippen molar-refractivity contribution in [1.29, 1.82) is 0 Å². The van der Waals surface area contributed by atoms with E-state index in [9.17, 15) is 9.90 Å². The van der Waals surface area contributed by atoms with Crippen molar-refractivity contribution in [1.82, 2.24) is 0 Å². The monoisotopic (exact) mass is 242 g/mol. The topological polar surface area (TPSA) is 74.2 Å². The van der Waals surface area contributed by atoms with Gasteiger partial charge in [0.05, 0.1) is 5.57 Å². The van der Waals surface area contributed by atoms with Gasteiger partial charge in [0.25, 0.3) is 0 Å². The summed E-state index contributed by atoms with van der Waals surface area (Å²) in [6.45, 7) is 6.98. The molecule has 0 saturated carbocycles. The number of carbonyl (C=O) groups excluding carboxylic acids is 1. The Morgan fingerprint density at radius 3 is 2.65 bits per heavy atom. The van der Waals surface area contributed by atoms with Crippen LogP contribution >= 0.6 is 0 Å². The number of carbonyl (C=O) groups is 1. The van der Waals surface area contributed by atoms with Crippen LogP contribution in [0.25, 0.3) is 0 Å². The van der Waals surface area contributed by atoms with E-state index in [-0.39, 0.29) is 5.57 Å². The summed E-state index contributed by atoms with van der Waals surface area (Å²) in [6.07, 6.45) is -3.49. The van der Waals surface area contributed by atoms with E-state index in [1.165, 1.54) is 0 Å². The van der Waals surface area contributed by atoms with Crippen molar-refractivity contribution < 1.29 is 28.8 Å².